The summed E-state index contributed by atoms with van der Waals surface area (Å²) in [7, 11) is 1.86. The van der Waals surface area contributed by atoms with Gasteiger partial charge in [-0.1, -0.05) is 42.5 Å². The maximum atomic E-state index is 13.3. The molecule has 2 aromatic rings. The maximum absolute atomic E-state index is 13.3. The van der Waals surface area contributed by atoms with Gasteiger partial charge in [0.2, 0.25) is 0 Å². The minimum Gasteiger partial charge on any atom is -0.319 e. The van der Waals surface area contributed by atoms with Gasteiger partial charge in [0.25, 0.3) is 5.91 Å². The van der Waals surface area contributed by atoms with Crippen LogP contribution in [-0.4, -0.2) is 30.6 Å². The van der Waals surface area contributed by atoms with E-state index in [0.717, 1.165) is 16.0 Å². The summed E-state index contributed by atoms with van der Waals surface area (Å²) in [5, 5.41) is 2.79. The lowest BCUT2D eigenvalue weighted by Crippen LogP contribution is -3.09. The molecular formula is C19H21FN3O2+. The number of quaternary nitrogens is 1. The first-order chi connectivity index (χ1) is 11.9. The Morgan fingerprint density at radius 1 is 1.12 bits per heavy atom. The fraction of sp³-hybridized carbons (Fsp3) is 0.263. The fourth-order valence-corrected chi connectivity index (χ4v) is 3.13. The van der Waals surface area contributed by atoms with Crippen LogP contribution in [0.5, 0.6) is 0 Å². The molecule has 1 unspecified atom stereocenters. The maximum Gasteiger partial charge on any atom is 0.329 e. The molecule has 2 atom stereocenters. The monoisotopic (exact) mass is 342 g/mol. The highest BCUT2D eigenvalue weighted by molar-refractivity contribution is 6.07. The summed E-state index contributed by atoms with van der Waals surface area (Å²) in [6, 6.07) is 15.1. The molecule has 0 radical (unpaired) electrons. The zero-order valence-electron chi connectivity index (χ0n) is 14.3. The number of urea groups is 1. The average Bonchev–Trinajstić information content (AvgIpc) is 2.80. The molecule has 2 N–H and O–H groups in total. The van der Waals surface area contributed by atoms with E-state index < -0.39 is 11.6 Å². The van der Waals surface area contributed by atoms with Gasteiger partial charge in [-0.2, -0.15) is 0 Å². The van der Waals surface area contributed by atoms with Crippen molar-refractivity contribution in [2.24, 2.45) is 0 Å². The molecule has 1 aliphatic heterocycles. The van der Waals surface area contributed by atoms with Crippen LogP contribution in [0.25, 0.3) is 0 Å². The third-order valence-electron chi connectivity index (χ3n) is 4.45. The van der Waals surface area contributed by atoms with Crippen molar-refractivity contribution in [3.8, 4) is 0 Å². The van der Waals surface area contributed by atoms with E-state index in [1.165, 1.54) is 17.0 Å². The first-order valence-electron chi connectivity index (χ1n) is 8.15. The highest BCUT2D eigenvalue weighted by atomic mass is 19.1. The molecule has 25 heavy (non-hydrogen) atoms. The summed E-state index contributed by atoms with van der Waals surface area (Å²) in [5.74, 6) is -0.570. The van der Waals surface area contributed by atoms with E-state index in [1.807, 2.05) is 43.4 Å². The van der Waals surface area contributed by atoms with Crippen molar-refractivity contribution in [3.63, 3.8) is 0 Å². The first kappa shape index (κ1) is 17.1. The van der Waals surface area contributed by atoms with Crippen LogP contribution in [0.1, 0.15) is 18.1 Å². The molecule has 1 saturated heterocycles. The average molecular weight is 342 g/mol. The molecule has 0 aromatic heterocycles. The molecule has 0 aliphatic carbocycles. The largest absolute Gasteiger partial charge is 0.329 e. The molecule has 0 bridgehead atoms. The van der Waals surface area contributed by atoms with Crippen LogP contribution in [0.15, 0.2) is 54.6 Å². The minimum absolute atomic E-state index is 0.212. The predicted molar refractivity (Wildman–Crippen MR) is 91.0 cm³/mol. The van der Waals surface area contributed by atoms with Gasteiger partial charge in [0.15, 0.2) is 6.67 Å². The SMILES string of the molecule is C[NH+](Cc1cccc(F)c1)CN1C(=O)N[C@@](C)(c2ccccc2)C1=O. The van der Waals surface area contributed by atoms with Crippen molar-refractivity contribution in [3.05, 3.63) is 71.5 Å². The standard InChI is InChI=1S/C19H20FN3O2/c1-19(15-8-4-3-5-9-15)17(24)23(18(25)21-19)13-22(2)12-14-7-6-10-16(20)11-14/h3-11H,12-13H2,1-2H3,(H,21,25)/p+1/t19-/m0/s1. The number of nitrogens with zero attached hydrogens (tertiary/aromatic N) is 1. The minimum atomic E-state index is -1.06. The third-order valence-corrected chi connectivity index (χ3v) is 4.45. The zero-order valence-corrected chi connectivity index (χ0v) is 14.3. The van der Waals surface area contributed by atoms with Crippen molar-refractivity contribution >= 4 is 11.9 Å². The Bertz CT molecular complexity index is 796. The number of amides is 3. The summed E-state index contributed by atoms with van der Waals surface area (Å²) in [4.78, 5) is 27.3. The number of hydrogen-bond donors (Lipinski definition) is 2. The second-order valence-electron chi connectivity index (χ2n) is 6.58. The van der Waals surface area contributed by atoms with Crippen molar-refractivity contribution in [1.29, 1.82) is 0 Å². The third kappa shape index (κ3) is 3.39. The van der Waals surface area contributed by atoms with E-state index in [9.17, 15) is 14.0 Å². The number of carbonyl (C=O) groups excluding carboxylic acids is 2. The van der Waals surface area contributed by atoms with E-state index in [-0.39, 0.29) is 18.4 Å². The Morgan fingerprint density at radius 2 is 1.84 bits per heavy atom. The van der Waals surface area contributed by atoms with Crippen LogP contribution >= 0.6 is 0 Å². The summed E-state index contributed by atoms with van der Waals surface area (Å²) in [6.45, 7) is 2.44. The molecule has 5 nitrogen and oxygen atoms in total. The van der Waals surface area contributed by atoms with Crippen LogP contribution in [0.3, 0.4) is 0 Å². The second-order valence-corrected chi connectivity index (χ2v) is 6.58. The fourth-order valence-electron chi connectivity index (χ4n) is 3.13. The van der Waals surface area contributed by atoms with E-state index in [4.69, 9.17) is 0 Å². The number of hydrogen-bond acceptors (Lipinski definition) is 2. The van der Waals surface area contributed by atoms with Crippen LogP contribution in [0.2, 0.25) is 0 Å². The smallest absolute Gasteiger partial charge is 0.319 e. The van der Waals surface area contributed by atoms with Gasteiger partial charge in [0.1, 0.15) is 17.9 Å². The molecule has 1 fully saturated rings. The van der Waals surface area contributed by atoms with E-state index in [1.54, 1.807) is 13.0 Å². The van der Waals surface area contributed by atoms with Gasteiger partial charge in [0, 0.05) is 5.56 Å². The Kier molecular flexibility index (Phi) is 4.55. The number of benzene rings is 2. The van der Waals surface area contributed by atoms with Crippen LogP contribution in [0, 0.1) is 5.82 Å². The number of halogens is 1. The number of imide groups is 1. The van der Waals surface area contributed by atoms with Crippen LogP contribution < -0.4 is 10.2 Å². The summed E-state index contributed by atoms with van der Waals surface area (Å²) < 4.78 is 13.3. The lowest BCUT2D eigenvalue weighted by atomic mass is 9.92. The predicted octanol–water partition coefficient (Wildman–Crippen LogP) is 1.27. The highest BCUT2D eigenvalue weighted by Gasteiger charge is 2.49. The summed E-state index contributed by atoms with van der Waals surface area (Å²) >= 11 is 0. The van der Waals surface area contributed by atoms with Crippen molar-refractivity contribution < 1.29 is 18.9 Å². The Labute approximate surface area is 146 Å². The highest BCUT2D eigenvalue weighted by Crippen LogP contribution is 2.27. The second kappa shape index (κ2) is 6.64. The Hall–Kier alpha value is -2.73. The van der Waals surface area contributed by atoms with Gasteiger partial charge in [-0.15, -0.1) is 0 Å². The molecule has 3 rings (SSSR count). The first-order valence-corrected chi connectivity index (χ1v) is 8.15. The van der Waals surface area contributed by atoms with Crippen molar-refractivity contribution in [2.75, 3.05) is 13.7 Å². The quantitative estimate of drug-likeness (QED) is 0.804. The molecule has 6 heteroatoms. The van der Waals surface area contributed by atoms with E-state index in [2.05, 4.69) is 5.32 Å². The molecule has 130 valence electrons. The molecule has 3 amide bonds. The number of rotatable bonds is 5. The molecule has 0 spiro atoms. The van der Waals surface area contributed by atoms with E-state index in [0.29, 0.717) is 6.54 Å². The molecule has 0 saturated carbocycles. The molecule has 1 heterocycles. The Balaban J connectivity index is 1.72. The van der Waals surface area contributed by atoms with Crippen molar-refractivity contribution in [1.82, 2.24) is 10.2 Å². The molecule has 1 aliphatic rings. The lowest BCUT2D eigenvalue weighted by Gasteiger charge is -2.23. The topological polar surface area (TPSA) is 53.9 Å². The number of nitrogens with one attached hydrogen (secondary N) is 2. The van der Waals surface area contributed by atoms with Gasteiger partial charge in [-0.05, 0) is 24.6 Å². The normalized spacial score (nSPS) is 21.3. The lowest BCUT2D eigenvalue weighted by molar-refractivity contribution is -0.901. The van der Waals surface area contributed by atoms with Crippen LogP contribution in [-0.2, 0) is 16.9 Å². The zero-order chi connectivity index (χ0) is 18.0. The Morgan fingerprint density at radius 3 is 2.52 bits per heavy atom. The van der Waals surface area contributed by atoms with Crippen molar-refractivity contribution in [2.45, 2.75) is 19.0 Å². The summed E-state index contributed by atoms with van der Waals surface area (Å²) in [5.41, 5.74) is 0.506. The summed E-state index contributed by atoms with van der Waals surface area (Å²) in [6.07, 6.45) is 0. The van der Waals surface area contributed by atoms with E-state index >= 15 is 0 Å². The number of carbonyl (C=O) groups is 2. The van der Waals surface area contributed by atoms with Gasteiger partial charge < -0.3 is 10.2 Å². The molecule has 2 aromatic carbocycles. The van der Waals surface area contributed by atoms with Gasteiger partial charge >= 0.3 is 6.03 Å². The van der Waals surface area contributed by atoms with Crippen LogP contribution in [0.4, 0.5) is 9.18 Å². The van der Waals surface area contributed by atoms with Gasteiger partial charge in [0.05, 0.1) is 7.05 Å². The van der Waals surface area contributed by atoms with Gasteiger partial charge in [-0.3, -0.25) is 4.79 Å². The van der Waals surface area contributed by atoms with Gasteiger partial charge in [-0.25, -0.2) is 14.1 Å². The molecular weight excluding hydrogens is 321 g/mol.